The van der Waals surface area contributed by atoms with E-state index in [4.69, 9.17) is 4.74 Å². The lowest BCUT2D eigenvalue weighted by atomic mass is 10.1. The van der Waals surface area contributed by atoms with Crippen LogP contribution in [0.4, 0.5) is 0 Å². The minimum Gasteiger partial charge on any atom is -0.493 e. The highest BCUT2D eigenvalue weighted by Gasteiger charge is 2.21. The van der Waals surface area contributed by atoms with Crippen molar-refractivity contribution in [2.75, 3.05) is 19.7 Å². The monoisotopic (exact) mass is 275 g/mol. The van der Waals surface area contributed by atoms with Gasteiger partial charge < -0.3 is 9.64 Å². The molecule has 0 aromatic heterocycles. The summed E-state index contributed by atoms with van der Waals surface area (Å²) in [7, 11) is 0. The van der Waals surface area contributed by atoms with Crippen molar-refractivity contribution in [2.45, 2.75) is 26.7 Å². The number of ketones is 1. The van der Waals surface area contributed by atoms with Crippen molar-refractivity contribution < 1.29 is 14.3 Å². The fourth-order valence-electron chi connectivity index (χ4n) is 2.12. The van der Waals surface area contributed by atoms with E-state index in [2.05, 4.69) is 13.8 Å². The average Bonchev–Trinajstić information content (AvgIpc) is 2.45. The molecule has 4 heteroatoms. The fraction of sp³-hybridized carbons (Fsp3) is 0.500. The van der Waals surface area contributed by atoms with E-state index in [-0.39, 0.29) is 11.7 Å². The summed E-state index contributed by atoms with van der Waals surface area (Å²) in [5, 5.41) is 0. The summed E-state index contributed by atoms with van der Waals surface area (Å²) in [4.78, 5) is 25.3. The summed E-state index contributed by atoms with van der Waals surface area (Å²) in [6, 6.07) is 7.26. The number of hydrogen-bond donors (Lipinski definition) is 0. The topological polar surface area (TPSA) is 46.6 Å². The summed E-state index contributed by atoms with van der Waals surface area (Å²) in [6.45, 7) is 5.85. The second-order valence-electron chi connectivity index (χ2n) is 5.56. The third kappa shape index (κ3) is 3.83. The van der Waals surface area contributed by atoms with Gasteiger partial charge in [-0.25, -0.2) is 0 Å². The van der Waals surface area contributed by atoms with Gasteiger partial charge in [-0.05, 0) is 24.1 Å². The second-order valence-corrected chi connectivity index (χ2v) is 5.56. The van der Waals surface area contributed by atoms with Crippen molar-refractivity contribution in [2.24, 2.45) is 5.92 Å². The van der Waals surface area contributed by atoms with Crippen LogP contribution in [0, 0.1) is 5.92 Å². The Morgan fingerprint density at radius 2 is 2.00 bits per heavy atom. The molecule has 4 nitrogen and oxygen atoms in total. The smallest absolute Gasteiger partial charge is 0.254 e. The Labute approximate surface area is 119 Å². The predicted octanol–water partition coefficient (Wildman–Crippen LogP) is 2.53. The minimum absolute atomic E-state index is 0.0208. The van der Waals surface area contributed by atoms with Crippen molar-refractivity contribution in [3.63, 3.8) is 0 Å². The summed E-state index contributed by atoms with van der Waals surface area (Å²) < 4.78 is 5.64. The van der Waals surface area contributed by atoms with Crippen LogP contribution in [-0.4, -0.2) is 36.3 Å². The van der Waals surface area contributed by atoms with Gasteiger partial charge in [-0.2, -0.15) is 0 Å². The quantitative estimate of drug-likeness (QED) is 0.848. The average molecular weight is 275 g/mol. The number of nitrogens with zero attached hydrogens (tertiary/aromatic N) is 1. The minimum atomic E-state index is -0.0208. The maximum absolute atomic E-state index is 12.4. The number of carbonyl (C=O) groups excluding carboxylic acids is 2. The van der Waals surface area contributed by atoms with E-state index < -0.39 is 0 Å². The van der Waals surface area contributed by atoms with Gasteiger partial charge in [-0.3, -0.25) is 9.59 Å². The zero-order chi connectivity index (χ0) is 14.5. The summed E-state index contributed by atoms with van der Waals surface area (Å²) in [5.74, 6) is 1.38. The lowest BCUT2D eigenvalue weighted by Gasteiger charge is -2.26. The van der Waals surface area contributed by atoms with Gasteiger partial charge in [-0.1, -0.05) is 19.9 Å². The second kappa shape index (κ2) is 6.55. The van der Waals surface area contributed by atoms with Gasteiger partial charge in [0.25, 0.3) is 5.91 Å². The third-order valence-electron chi connectivity index (χ3n) is 3.27. The van der Waals surface area contributed by atoms with Crippen LogP contribution in [-0.2, 0) is 4.79 Å². The first kappa shape index (κ1) is 14.6. The Balaban J connectivity index is 2.02. The Kier molecular flexibility index (Phi) is 4.77. The molecule has 20 heavy (non-hydrogen) atoms. The van der Waals surface area contributed by atoms with Gasteiger partial charge in [0.1, 0.15) is 11.5 Å². The number of Topliss-reactive ketones (excluding diaryl/α,β-unsaturated/α-hetero) is 1. The van der Waals surface area contributed by atoms with Crippen LogP contribution >= 0.6 is 0 Å². The van der Waals surface area contributed by atoms with E-state index in [0.717, 1.165) is 5.75 Å². The van der Waals surface area contributed by atoms with Gasteiger partial charge in [-0.15, -0.1) is 0 Å². The normalized spacial score (nSPS) is 15.6. The van der Waals surface area contributed by atoms with E-state index in [0.29, 0.717) is 44.0 Å². The largest absolute Gasteiger partial charge is 0.493 e. The number of rotatable bonds is 4. The lowest BCUT2D eigenvalue weighted by Crippen LogP contribution is -2.38. The van der Waals surface area contributed by atoms with Gasteiger partial charge in [0.15, 0.2) is 0 Å². The van der Waals surface area contributed by atoms with Crippen molar-refractivity contribution in [3.8, 4) is 5.75 Å². The predicted molar refractivity (Wildman–Crippen MR) is 76.9 cm³/mol. The van der Waals surface area contributed by atoms with E-state index in [1.165, 1.54) is 0 Å². The Bertz CT molecular complexity index is 486. The van der Waals surface area contributed by atoms with E-state index >= 15 is 0 Å². The zero-order valence-electron chi connectivity index (χ0n) is 12.1. The number of benzene rings is 1. The molecule has 1 aliphatic heterocycles. The molecule has 0 spiro atoms. The maximum Gasteiger partial charge on any atom is 0.254 e. The molecule has 0 aliphatic carbocycles. The highest BCUT2D eigenvalue weighted by molar-refractivity contribution is 5.95. The van der Waals surface area contributed by atoms with Crippen molar-refractivity contribution in [1.29, 1.82) is 0 Å². The van der Waals surface area contributed by atoms with Gasteiger partial charge in [0, 0.05) is 31.5 Å². The highest BCUT2D eigenvalue weighted by atomic mass is 16.5. The number of piperidine rings is 1. The summed E-state index contributed by atoms with van der Waals surface area (Å²) in [5.41, 5.74) is 0.626. The maximum atomic E-state index is 12.4. The van der Waals surface area contributed by atoms with Crippen LogP contribution in [0.15, 0.2) is 24.3 Å². The molecule has 0 atom stereocenters. The van der Waals surface area contributed by atoms with E-state index in [1.807, 2.05) is 12.1 Å². The standard InChI is InChI=1S/C16H21NO3/c1-12(2)11-20-15-5-3-4-13(10-15)16(19)17-8-6-14(18)7-9-17/h3-5,10,12H,6-9,11H2,1-2H3. The van der Waals surface area contributed by atoms with Crippen molar-refractivity contribution in [3.05, 3.63) is 29.8 Å². The molecule has 1 amide bonds. The zero-order valence-corrected chi connectivity index (χ0v) is 12.1. The SMILES string of the molecule is CC(C)COc1cccc(C(=O)N2CCC(=O)CC2)c1. The molecule has 1 aromatic rings. The number of ether oxygens (including phenoxy) is 1. The molecule has 0 saturated carbocycles. The molecule has 1 heterocycles. The number of hydrogen-bond acceptors (Lipinski definition) is 3. The first-order valence-electron chi connectivity index (χ1n) is 7.10. The Morgan fingerprint density at radius 3 is 2.65 bits per heavy atom. The highest BCUT2D eigenvalue weighted by Crippen LogP contribution is 2.17. The molecule has 2 rings (SSSR count). The fourth-order valence-corrected chi connectivity index (χ4v) is 2.12. The number of likely N-dealkylation sites (tertiary alicyclic amines) is 1. The number of amides is 1. The molecule has 1 aromatic carbocycles. The summed E-state index contributed by atoms with van der Waals surface area (Å²) in [6.07, 6.45) is 0.935. The van der Waals surface area contributed by atoms with E-state index in [1.54, 1.807) is 17.0 Å². The van der Waals surface area contributed by atoms with Crippen LogP contribution in [0.2, 0.25) is 0 Å². The van der Waals surface area contributed by atoms with Gasteiger partial charge >= 0.3 is 0 Å². The molecule has 0 unspecified atom stereocenters. The summed E-state index contributed by atoms with van der Waals surface area (Å²) >= 11 is 0. The molecule has 1 saturated heterocycles. The molecule has 1 aliphatic rings. The van der Waals surface area contributed by atoms with Crippen LogP contribution in [0.3, 0.4) is 0 Å². The molecule has 0 bridgehead atoms. The van der Waals surface area contributed by atoms with Gasteiger partial charge in [0.2, 0.25) is 0 Å². The van der Waals surface area contributed by atoms with Crippen molar-refractivity contribution in [1.82, 2.24) is 4.90 Å². The first-order chi connectivity index (χ1) is 9.56. The third-order valence-corrected chi connectivity index (χ3v) is 3.27. The molecule has 0 N–H and O–H groups in total. The number of carbonyl (C=O) groups is 2. The van der Waals surface area contributed by atoms with Crippen LogP contribution in [0.25, 0.3) is 0 Å². The molecular weight excluding hydrogens is 254 g/mol. The lowest BCUT2D eigenvalue weighted by molar-refractivity contribution is -0.120. The molecular formula is C16H21NO3. The molecule has 1 fully saturated rings. The van der Waals surface area contributed by atoms with Crippen LogP contribution < -0.4 is 4.74 Å². The van der Waals surface area contributed by atoms with Gasteiger partial charge in [0.05, 0.1) is 6.61 Å². The van der Waals surface area contributed by atoms with E-state index in [9.17, 15) is 9.59 Å². The van der Waals surface area contributed by atoms with Crippen LogP contribution in [0.1, 0.15) is 37.0 Å². The first-order valence-corrected chi connectivity index (χ1v) is 7.10. The Morgan fingerprint density at radius 1 is 1.30 bits per heavy atom. The molecule has 108 valence electrons. The van der Waals surface area contributed by atoms with Crippen LogP contribution in [0.5, 0.6) is 5.75 Å². The van der Waals surface area contributed by atoms with Crippen molar-refractivity contribution >= 4 is 11.7 Å². The molecule has 0 radical (unpaired) electrons. The Hall–Kier alpha value is -1.84.